The lowest BCUT2D eigenvalue weighted by molar-refractivity contribution is -0.120. The third kappa shape index (κ3) is 2.90. The SMILES string of the molecule is CN(C(=O)c1ccc(CN)o1)[C@@H]1CCN(c2ccccc2Cl)C1=O. The number of amides is 2. The van der Waals surface area contributed by atoms with Crippen molar-refractivity contribution >= 4 is 29.1 Å². The maximum absolute atomic E-state index is 12.7. The number of rotatable bonds is 4. The summed E-state index contributed by atoms with van der Waals surface area (Å²) in [7, 11) is 1.60. The summed E-state index contributed by atoms with van der Waals surface area (Å²) in [5.74, 6) is 0.225. The van der Waals surface area contributed by atoms with Crippen LogP contribution in [0.2, 0.25) is 5.02 Å². The molecule has 2 aromatic rings. The van der Waals surface area contributed by atoms with Crippen LogP contribution >= 0.6 is 11.6 Å². The van der Waals surface area contributed by atoms with Gasteiger partial charge in [0.05, 0.1) is 17.3 Å². The van der Waals surface area contributed by atoms with Crippen molar-refractivity contribution in [1.82, 2.24) is 4.90 Å². The predicted octanol–water partition coefficient (Wildman–Crippen LogP) is 2.27. The van der Waals surface area contributed by atoms with Crippen LogP contribution in [0, 0.1) is 0 Å². The van der Waals surface area contributed by atoms with Crippen molar-refractivity contribution in [3.05, 3.63) is 52.9 Å². The normalized spacial score (nSPS) is 17.4. The Hall–Kier alpha value is -2.31. The molecule has 126 valence electrons. The molecular formula is C17H18ClN3O3. The van der Waals surface area contributed by atoms with Gasteiger partial charge in [0.25, 0.3) is 5.91 Å². The molecule has 6 nitrogen and oxygen atoms in total. The fourth-order valence-electron chi connectivity index (χ4n) is 2.85. The van der Waals surface area contributed by atoms with Crippen LogP contribution in [0.5, 0.6) is 0 Å². The van der Waals surface area contributed by atoms with Crippen LogP contribution < -0.4 is 10.6 Å². The fraction of sp³-hybridized carbons (Fsp3) is 0.294. The topological polar surface area (TPSA) is 79.8 Å². The molecule has 2 amide bonds. The molecule has 3 rings (SSSR count). The third-order valence-corrected chi connectivity index (χ3v) is 4.50. The second kappa shape index (κ2) is 6.67. The lowest BCUT2D eigenvalue weighted by Crippen LogP contribution is -2.42. The molecule has 24 heavy (non-hydrogen) atoms. The van der Waals surface area contributed by atoms with Crippen LogP contribution in [0.25, 0.3) is 0 Å². The molecular weight excluding hydrogens is 330 g/mol. The van der Waals surface area contributed by atoms with Crippen molar-refractivity contribution in [3.8, 4) is 0 Å². The smallest absolute Gasteiger partial charge is 0.289 e. The summed E-state index contributed by atoms with van der Waals surface area (Å²) in [6.07, 6.45) is 0.538. The Morgan fingerprint density at radius 2 is 2.12 bits per heavy atom. The van der Waals surface area contributed by atoms with Gasteiger partial charge < -0.3 is 20.0 Å². The van der Waals surface area contributed by atoms with Gasteiger partial charge in [0.2, 0.25) is 5.91 Å². The number of halogens is 1. The summed E-state index contributed by atoms with van der Waals surface area (Å²) in [4.78, 5) is 28.3. The molecule has 1 aromatic heterocycles. The molecule has 0 aliphatic carbocycles. The highest BCUT2D eigenvalue weighted by Gasteiger charge is 2.38. The molecule has 1 aromatic carbocycles. The average molecular weight is 348 g/mol. The van der Waals surface area contributed by atoms with Crippen molar-refractivity contribution in [2.75, 3.05) is 18.5 Å². The maximum atomic E-state index is 12.7. The molecule has 0 spiro atoms. The van der Waals surface area contributed by atoms with Gasteiger partial charge in [-0.15, -0.1) is 0 Å². The first-order valence-corrected chi connectivity index (χ1v) is 8.02. The highest BCUT2D eigenvalue weighted by molar-refractivity contribution is 6.34. The Morgan fingerprint density at radius 1 is 1.38 bits per heavy atom. The van der Waals surface area contributed by atoms with Crippen molar-refractivity contribution < 1.29 is 14.0 Å². The number of nitrogens with zero attached hydrogens (tertiary/aromatic N) is 2. The number of carbonyl (C=O) groups excluding carboxylic acids is 2. The Labute approximate surface area is 144 Å². The van der Waals surface area contributed by atoms with Gasteiger partial charge in [-0.1, -0.05) is 23.7 Å². The second-order valence-corrected chi connectivity index (χ2v) is 6.04. The Kier molecular flexibility index (Phi) is 4.59. The Morgan fingerprint density at radius 3 is 2.79 bits per heavy atom. The van der Waals surface area contributed by atoms with E-state index in [2.05, 4.69) is 0 Å². The molecule has 0 saturated carbocycles. The quantitative estimate of drug-likeness (QED) is 0.920. The monoisotopic (exact) mass is 347 g/mol. The standard InChI is InChI=1S/C17H18ClN3O3/c1-20(17(23)15-7-6-11(10-19)24-15)14-8-9-21(16(14)22)13-5-3-2-4-12(13)18/h2-7,14H,8-10,19H2,1H3/t14-/m1/s1. The number of likely N-dealkylation sites (N-methyl/N-ethyl adjacent to an activating group) is 1. The fourth-order valence-corrected chi connectivity index (χ4v) is 3.09. The molecule has 0 unspecified atom stereocenters. The minimum absolute atomic E-state index is 0.149. The third-order valence-electron chi connectivity index (χ3n) is 4.18. The van der Waals surface area contributed by atoms with Crippen LogP contribution in [0.15, 0.2) is 40.8 Å². The number of hydrogen-bond donors (Lipinski definition) is 1. The highest BCUT2D eigenvalue weighted by Crippen LogP contribution is 2.30. The molecule has 7 heteroatoms. The van der Waals surface area contributed by atoms with Gasteiger partial charge in [0.15, 0.2) is 5.76 Å². The van der Waals surface area contributed by atoms with Gasteiger partial charge >= 0.3 is 0 Å². The first-order valence-electron chi connectivity index (χ1n) is 7.64. The predicted molar refractivity (Wildman–Crippen MR) is 90.9 cm³/mol. The van der Waals surface area contributed by atoms with Gasteiger partial charge in [-0.05, 0) is 30.7 Å². The van der Waals surface area contributed by atoms with Crippen LogP contribution in [-0.4, -0.2) is 36.3 Å². The van der Waals surface area contributed by atoms with Gasteiger partial charge in [-0.2, -0.15) is 0 Å². The molecule has 1 saturated heterocycles. The first-order chi connectivity index (χ1) is 11.5. The number of para-hydroxylation sites is 1. The van der Waals surface area contributed by atoms with E-state index in [-0.39, 0.29) is 24.1 Å². The van der Waals surface area contributed by atoms with Crippen LogP contribution in [0.1, 0.15) is 22.7 Å². The molecule has 2 N–H and O–H groups in total. The minimum Gasteiger partial charge on any atom is -0.455 e. The van der Waals surface area contributed by atoms with Crippen LogP contribution in [0.3, 0.4) is 0 Å². The van der Waals surface area contributed by atoms with Crippen molar-refractivity contribution in [1.29, 1.82) is 0 Å². The number of carbonyl (C=O) groups is 2. The van der Waals surface area contributed by atoms with Gasteiger partial charge in [-0.25, -0.2) is 0 Å². The number of anilines is 1. The van der Waals surface area contributed by atoms with E-state index in [1.807, 2.05) is 12.1 Å². The van der Waals surface area contributed by atoms with Crippen molar-refractivity contribution in [2.45, 2.75) is 19.0 Å². The second-order valence-electron chi connectivity index (χ2n) is 5.63. The van der Waals surface area contributed by atoms with E-state index in [1.54, 1.807) is 36.2 Å². The zero-order valence-corrected chi connectivity index (χ0v) is 14.0. The minimum atomic E-state index is -0.541. The zero-order chi connectivity index (χ0) is 17.3. The Balaban J connectivity index is 1.77. The van der Waals surface area contributed by atoms with Gasteiger partial charge in [-0.3, -0.25) is 9.59 Å². The van der Waals surface area contributed by atoms with E-state index in [4.69, 9.17) is 21.8 Å². The van der Waals surface area contributed by atoms with Gasteiger partial charge in [0.1, 0.15) is 11.8 Å². The molecule has 1 aliphatic heterocycles. The maximum Gasteiger partial charge on any atom is 0.289 e. The molecule has 1 aliphatic rings. The highest BCUT2D eigenvalue weighted by atomic mass is 35.5. The zero-order valence-electron chi connectivity index (χ0n) is 13.2. The van der Waals surface area contributed by atoms with Crippen LogP contribution in [0.4, 0.5) is 5.69 Å². The summed E-state index contributed by atoms with van der Waals surface area (Å²) >= 11 is 6.17. The van der Waals surface area contributed by atoms with Crippen molar-refractivity contribution in [3.63, 3.8) is 0 Å². The van der Waals surface area contributed by atoms with E-state index in [0.29, 0.717) is 29.4 Å². The number of furan rings is 1. The lowest BCUT2D eigenvalue weighted by Gasteiger charge is -2.23. The summed E-state index contributed by atoms with van der Waals surface area (Å²) in [5, 5.41) is 0.513. The van der Waals surface area contributed by atoms with E-state index >= 15 is 0 Å². The summed E-state index contributed by atoms with van der Waals surface area (Å²) in [5.41, 5.74) is 6.15. The van der Waals surface area contributed by atoms with E-state index < -0.39 is 6.04 Å². The molecule has 0 bridgehead atoms. The summed E-state index contributed by atoms with van der Waals surface area (Å²) < 4.78 is 5.38. The van der Waals surface area contributed by atoms with E-state index in [0.717, 1.165) is 0 Å². The molecule has 0 radical (unpaired) electrons. The summed E-state index contributed by atoms with van der Waals surface area (Å²) in [6.45, 7) is 0.733. The number of benzene rings is 1. The number of nitrogens with two attached hydrogens (primary N) is 1. The lowest BCUT2D eigenvalue weighted by atomic mass is 10.2. The molecule has 1 fully saturated rings. The van der Waals surface area contributed by atoms with Crippen molar-refractivity contribution in [2.24, 2.45) is 5.73 Å². The number of hydrogen-bond acceptors (Lipinski definition) is 4. The largest absolute Gasteiger partial charge is 0.455 e. The van der Waals surface area contributed by atoms with Gasteiger partial charge in [0, 0.05) is 13.6 Å². The first kappa shape index (κ1) is 16.5. The van der Waals surface area contributed by atoms with E-state index in [1.165, 1.54) is 4.90 Å². The molecule has 1 atom stereocenters. The van der Waals surface area contributed by atoms with E-state index in [9.17, 15) is 9.59 Å². The molecule has 2 heterocycles. The summed E-state index contributed by atoms with van der Waals surface area (Å²) in [6, 6.07) is 9.87. The van der Waals surface area contributed by atoms with Crippen LogP contribution in [-0.2, 0) is 11.3 Å². The Bertz CT molecular complexity index is 774. The average Bonchev–Trinajstić information content (AvgIpc) is 3.21.